The summed E-state index contributed by atoms with van der Waals surface area (Å²) < 4.78 is 0. The van der Waals surface area contributed by atoms with Crippen molar-refractivity contribution < 1.29 is 9.59 Å². The van der Waals surface area contributed by atoms with Gasteiger partial charge in [-0.2, -0.15) is 0 Å². The zero-order valence-corrected chi connectivity index (χ0v) is 15.3. The number of carbonyl (C=O) groups is 2. The first-order valence-electron chi connectivity index (χ1n) is 8.06. The van der Waals surface area contributed by atoms with Crippen LogP contribution in [-0.4, -0.2) is 24.4 Å². The second-order valence-corrected chi connectivity index (χ2v) is 6.48. The van der Waals surface area contributed by atoms with Crippen LogP contribution >= 0.6 is 11.6 Å². The zero-order valence-electron chi connectivity index (χ0n) is 14.5. The summed E-state index contributed by atoms with van der Waals surface area (Å²) >= 11 is 6.05. The highest BCUT2D eigenvalue weighted by atomic mass is 35.5. The van der Waals surface area contributed by atoms with Crippen LogP contribution in [0.1, 0.15) is 29.8 Å². The third kappa shape index (κ3) is 5.80. The summed E-state index contributed by atoms with van der Waals surface area (Å²) in [6.07, 6.45) is 0. The van der Waals surface area contributed by atoms with Gasteiger partial charge in [0.05, 0.1) is 6.54 Å². The average Bonchev–Trinajstić information content (AvgIpc) is 2.56. The lowest BCUT2D eigenvalue weighted by atomic mass is 10.1. The number of anilines is 2. The lowest BCUT2D eigenvalue weighted by molar-refractivity contribution is -0.114. The predicted octanol–water partition coefficient (Wildman–Crippen LogP) is 3.84. The molecule has 0 heterocycles. The van der Waals surface area contributed by atoms with Crippen LogP contribution in [0.2, 0.25) is 5.02 Å². The molecule has 2 aromatic carbocycles. The van der Waals surface area contributed by atoms with Gasteiger partial charge >= 0.3 is 0 Å². The fourth-order valence-electron chi connectivity index (χ4n) is 2.17. The van der Waals surface area contributed by atoms with Crippen LogP contribution in [0.5, 0.6) is 0 Å². The van der Waals surface area contributed by atoms with Gasteiger partial charge in [-0.25, -0.2) is 0 Å². The molecule has 0 aromatic heterocycles. The molecule has 0 aliphatic heterocycles. The molecule has 2 amide bonds. The van der Waals surface area contributed by atoms with Crippen molar-refractivity contribution in [3.63, 3.8) is 0 Å². The number of hydrogen-bond donors (Lipinski definition) is 3. The van der Waals surface area contributed by atoms with E-state index in [-0.39, 0.29) is 24.4 Å². The van der Waals surface area contributed by atoms with Crippen LogP contribution in [-0.2, 0) is 4.79 Å². The lowest BCUT2D eigenvalue weighted by Crippen LogP contribution is -2.30. The number of hydrogen-bond acceptors (Lipinski definition) is 3. The molecule has 2 aromatic rings. The van der Waals surface area contributed by atoms with Gasteiger partial charge in [-0.15, -0.1) is 0 Å². The van der Waals surface area contributed by atoms with E-state index in [1.165, 1.54) is 0 Å². The lowest BCUT2D eigenvalue weighted by Gasteiger charge is -2.11. The highest BCUT2D eigenvalue weighted by Crippen LogP contribution is 2.20. The van der Waals surface area contributed by atoms with Crippen molar-refractivity contribution in [3.05, 3.63) is 58.6 Å². The van der Waals surface area contributed by atoms with E-state index in [9.17, 15) is 9.59 Å². The highest BCUT2D eigenvalue weighted by Gasteiger charge is 2.08. The van der Waals surface area contributed by atoms with Crippen molar-refractivity contribution in [1.82, 2.24) is 5.32 Å². The molecule has 0 saturated carbocycles. The Hall–Kier alpha value is -2.53. The van der Waals surface area contributed by atoms with E-state index in [1.807, 2.05) is 32.9 Å². The van der Waals surface area contributed by atoms with Crippen molar-refractivity contribution in [2.24, 2.45) is 0 Å². The maximum Gasteiger partial charge on any atom is 0.251 e. The molecule has 0 aliphatic carbocycles. The van der Waals surface area contributed by atoms with Crippen molar-refractivity contribution in [2.75, 3.05) is 17.2 Å². The van der Waals surface area contributed by atoms with E-state index in [0.717, 1.165) is 5.56 Å². The van der Waals surface area contributed by atoms with E-state index in [2.05, 4.69) is 16.0 Å². The number of benzene rings is 2. The van der Waals surface area contributed by atoms with Gasteiger partial charge in [0.15, 0.2) is 0 Å². The number of amides is 2. The van der Waals surface area contributed by atoms with Gasteiger partial charge in [0.25, 0.3) is 5.91 Å². The van der Waals surface area contributed by atoms with Crippen LogP contribution in [0.4, 0.5) is 11.4 Å². The number of aryl methyl sites for hydroxylation is 1. The second-order valence-electron chi connectivity index (χ2n) is 6.07. The molecular formula is C19H22ClN3O2. The van der Waals surface area contributed by atoms with Gasteiger partial charge in [0.1, 0.15) is 0 Å². The van der Waals surface area contributed by atoms with Gasteiger partial charge in [0, 0.05) is 28.0 Å². The third-order valence-corrected chi connectivity index (χ3v) is 3.86. The minimum atomic E-state index is -0.197. The summed E-state index contributed by atoms with van der Waals surface area (Å²) in [5, 5.41) is 9.23. The number of nitrogens with one attached hydrogen (secondary N) is 3. The van der Waals surface area contributed by atoms with Crippen LogP contribution in [0.25, 0.3) is 0 Å². The minimum absolute atomic E-state index is 0.0660. The monoisotopic (exact) mass is 359 g/mol. The van der Waals surface area contributed by atoms with E-state index in [0.29, 0.717) is 22.0 Å². The molecule has 5 nitrogen and oxygen atoms in total. The smallest absolute Gasteiger partial charge is 0.251 e. The van der Waals surface area contributed by atoms with E-state index >= 15 is 0 Å². The molecule has 6 heteroatoms. The molecule has 25 heavy (non-hydrogen) atoms. The van der Waals surface area contributed by atoms with Gasteiger partial charge in [-0.05, 0) is 56.7 Å². The predicted molar refractivity (Wildman–Crippen MR) is 102 cm³/mol. The van der Waals surface area contributed by atoms with E-state index in [1.54, 1.807) is 30.3 Å². The van der Waals surface area contributed by atoms with Gasteiger partial charge < -0.3 is 16.0 Å². The molecule has 0 atom stereocenters. The first-order chi connectivity index (χ1) is 11.8. The minimum Gasteiger partial charge on any atom is -0.376 e. The van der Waals surface area contributed by atoms with Crippen LogP contribution in [0.15, 0.2) is 42.5 Å². The van der Waals surface area contributed by atoms with Gasteiger partial charge in [0.2, 0.25) is 5.91 Å². The summed E-state index contributed by atoms with van der Waals surface area (Å²) in [5.41, 5.74) is 2.85. The highest BCUT2D eigenvalue weighted by molar-refractivity contribution is 6.31. The Morgan fingerprint density at radius 1 is 1.08 bits per heavy atom. The topological polar surface area (TPSA) is 70.2 Å². The van der Waals surface area contributed by atoms with Crippen LogP contribution < -0.4 is 16.0 Å². The Labute approximate surface area is 152 Å². The summed E-state index contributed by atoms with van der Waals surface area (Å²) in [4.78, 5) is 24.1. The normalized spacial score (nSPS) is 10.4. The Balaban J connectivity index is 1.93. The molecule has 2 rings (SSSR count). The molecule has 0 aliphatic rings. The van der Waals surface area contributed by atoms with E-state index in [4.69, 9.17) is 11.6 Å². The molecule has 0 spiro atoms. The third-order valence-electron chi connectivity index (χ3n) is 3.45. The first-order valence-corrected chi connectivity index (χ1v) is 8.44. The first kappa shape index (κ1) is 18.8. The Morgan fingerprint density at radius 2 is 1.84 bits per heavy atom. The molecule has 3 N–H and O–H groups in total. The van der Waals surface area contributed by atoms with E-state index < -0.39 is 0 Å². The number of rotatable bonds is 6. The molecule has 0 fully saturated rings. The average molecular weight is 360 g/mol. The van der Waals surface area contributed by atoms with Gasteiger partial charge in [-0.1, -0.05) is 23.7 Å². The van der Waals surface area contributed by atoms with Crippen LogP contribution in [0, 0.1) is 6.92 Å². The van der Waals surface area contributed by atoms with Gasteiger partial charge in [-0.3, -0.25) is 9.59 Å². The molecular weight excluding hydrogens is 338 g/mol. The number of halogens is 1. The molecule has 132 valence electrons. The quantitative estimate of drug-likeness (QED) is 0.734. The number of carbonyl (C=O) groups excluding carboxylic acids is 2. The molecule has 0 saturated heterocycles. The zero-order chi connectivity index (χ0) is 18.4. The summed E-state index contributed by atoms with van der Waals surface area (Å²) in [6, 6.07) is 12.5. The fraction of sp³-hybridized carbons (Fsp3) is 0.263. The maximum absolute atomic E-state index is 12.1. The van der Waals surface area contributed by atoms with Crippen LogP contribution in [0.3, 0.4) is 0 Å². The standard InChI is InChI=1S/C19H22ClN3O2/c1-12(2)22-19(25)14-5-4-6-15(9-14)21-11-18(24)23-16-8-7-13(3)17(20)10-16/h4-10,12,21H,11H2,1-3H3,(H,22,25)(H,23,24). The van der Waals surface area contributed by atoms with Crippen molar-refractivity contribution in [1.29, 1.82) is 0 Å². The molecule has 0 bridgehead atoms. The summed E-state index contributed by atoms with van der Waals surface area (Å²) in [6.45, 7) is 5.79. The molecule has 0 radical (unpaired) electrons. The second kappa shape index (κ2) is 8.53. The summed E-state index contributed by atoms with van der Waals surface area (Å²) in [5.74, 6) is -0.339. The Morgan fingerprint density at radius 3 is 2.52 bits per heavy atom. The van der Waals surface area contributed by atoms with Crippen molar-refractivity contribution in [3.8, 4) is 0 Å². The summed E-state index contributed by atoms with van der Waals surface area (Å²) in [7, 11) is 0. The Kier molecular flexibility index (Phi) is 6.42. The van der Waals surface area contributed by atoms with Crippen molar-refractivity contribution >= 4 is 34.8 Å². The SMILES string of the molecule is Cc1ccc(NC(=O)CNc2cccc(C(=O)NC(C)C)c2)cc1Cl. The maximum atomic E-state index is 12.1. The molecule has 0 unspecified atom stereocenters. The fourth-order valence-corrected chi connectivity index (χ4v) is 2.35. The Bertz CT molecular complexity index is 775. The van der Waals surface area contributed by atoms with Crippen molar-refractivity contribution in [2.45, 2.75) is 26.8 Å². The largest absolute Gasteiger partial charge is 0.376 e.